The number of urea groups is 1. The number of anilines is 1. The lowest BCUT2D eigenvalue weighted by Crippen LogP contribution is -2.38. The molecule has 1 aliphatic heterocycles. The minimum Gasteiger partial charge on any atom is -0.492 e. The number of hydrogen-bond donors (Lipinski definition) is 2. The molecule has 2 N–H and O–H groups in total. The summed E-state index contributed by atoms with van der Waals surface area (Å²) in [5.74, 6) is -0.211. The summed E-state index contributed by atoms with van der Waals surface area (Å²) in [5.41, 5.74) is -1.10. The first-order valence-corrected chi connectivity index (χ1v) is 8.65. The molecule has 10 heteroatoms. The van der Waals surface area contributed by atoms with Crippen molar-refractivity contribution in [3.8, 4) is 5.75 Å². The van der Waals surface area contributed by atoms with Gasteiger partial charge in [0.25, 0.3) is 0 Å². The van der Waals surface area contributed by atoms with Crippen molar-refractivity contribution >= 4 is 21.6 Å². The Labute approximate surface area is 136 Å². The molecule has 6 nitrogen and oxygen atoms in total. The summed E-state index contributed by atoms with van der Waals surface area (Å²) in [4.78, 5) is 11.9. The van der Waals surface area contributed by atoms with Crippen LogP contribution in [0.4, 0.5) is 23.7 Å². The molecule has 2 amide bonds. The number of rotatable bonds is 4. The van der Waals surface area contributed by atoms with Crippen molar-refractivity contribution in [2.75, 3.05) is 17.7 Å². The summed E-state index contributed by atoms with van der Waals surface area (Å²) >= 11 is 0. The Morgan fingerprint density at radius 3 is 2.62 bits per heavy atom. The number of ether oxygens (including phenoxy) is 1. The first kappa shape index (κ1) is 18.1. The zero-order valence-corrected chi connectivity index (χ0v) is 13.4. The number of alkyl halides is 3. The second kappa shape index (κ2) is 6.71. The van der Waals surface area contributed by atoms with E-state index in [0.717, 1.165) is 23.6 Å². The maximum atomic E-state index is 12.8. The van der Waals surface area contributed by atoms with E-state index in [4.69, 9.17) is 4.74 Å². The Balaban J connectivity index is 2.14. The molecule has 0 aliphatic carbocycles. The summed E-state index contributed by atoms with van der Waals surface area (Å²) in [7, 11) is -3.35. The molecule has 0 unspecified atom stereocenters. The lowest BCUT2D eigenvalue weighted by Gasteiger charge is -2.16. The molecule has 0 radical (unpaired) electrons. The average Bonchev–Trinajstić information content (AvgIpc) is 2.78. The predicted molar refractivity (Wildman–Crippen MR) is 81.5 cm³/mol. The fourth-order valence-electron chi connectivity index (χ4n) is 2.08. The highest BCUT2D eigenvalue weighted by Gasteiger charge is 2.31. The molecule has 0 spiro atoms. The maximum absolute atomic E-state index is 12.8. The van der Waals surface area contributed by atoms with Crippen LogP contribution >= 0.6 is 0 Å². The van der Waals surface area contributed by atoms with E-state index in [1.807, 2.05) is 0 Å². The number of carbonyl (C=O) groups excluding carboxylic acids is 1. The topological polar surface area (TPSA) is 84.5 Å². The molecule has 2 rings (SSSR count). The molecule has 0 bridgehead atoms. The van der Waals surface area contributed by atoms with Crippen molar-refractivity contribution in [1.29, 1.82) is 0 Å². The van der Waals surface area contributed by atoms with Gasteiger partial charge in [-0.05, 0) is 31.2 Å². The molecule has 132 valence electrons. The fourth-order valence-corrected chi connectivity index (χ4v) is 3.31. The lowest BCUT2D eigenvalue weighted by atomic mass is 10.2. The van der Waals surface area contributed by atoms with Crippen molar-refractivity contribution in [3.63, 3.8) is 0 Å². The first-order valence-electron chi connectivity index (χ1n) is 6.93. The van der Waals surface area contributed by atoms with Crippen molar-refractivity contribution in [2.45, 2.75) is 19.1 Å². The Bertz CT molecular complexity index is 760. The fraction of sp³-hybridized carbons (Fsp3) is 0.357. The highest BCUT2D eigenvalue weighted by Crippen LogP contribution is 2.35. The van der Waals surface area contributed by atoms with E-state index >= 15 is 0 Å². The van der Waals surface area contributed by atoms with E-state index in [0.29, 0.717) is 0 Å². The number of sulfone groups is 1. The van der Waals surface area contributed by atoms with Gasteiger partial charge in [-0.1, -0.05) is 0 Å². The third kappa shape index (κ3) is 4.63. The molecule has 24 heavy (non-hydrogen) atoms. The minimum atomic E-state index is -4.57. The smallest absolute Gasteiger partial charge is 0.416 e. The van der Waals surface area contributed by atoms with Gasteiger partial charge in [-0.25, -0.2) is 13.2 Å². The molecular formula is C14H15F3N2O4S. The average molecular weight is 364 g/mol. The van der Waals surface area contributed by atoms with Gasteiger partial charge in [0.05, 0.1) is 29.7 Å². The van der Waals surface area contributed by atoms with Crippen LogP contribution in [0.5, 0.6) is 5.75 Å². The van der Waals surface area contributed by atoms with Gasteiger partial charge in [0.1, 0.15) is 5.75 Å². The van der Waals surface area contributed by atoms with Crippen molar-refractivity contribution in [1.82, 2.24) is 5.32 Å². The number of hydrogen-bond acceptors (Lipinski definition) is 4. The van der Waals surface area contributed by atoms with E-state index in [1.54, 1.807) is 6.92 Å². The standard InChI is InChI=1S/C14H15F3N2O4S/c1-2-23-12-4-3-9(14(15,16)17)7-11(12)19-13(20)18-10-5-6-24(21,22)8-10/h3-7,10H,2,8H2,1H3,(H2,18,19,20)/t10-/m1/s1. The van der Waals surface area contributed by atoms with Crippen LogP contribution in [0.2, 0.25) is 0 Å². The summed E-state index contributed by atoms with van der Waals surface area (Å²) in [5, 5.41) is 5.60. The van der Waals surface area contributed by atoms with Gasteiger partial charge >= 0.3 is 12.2 Å². The first-order chi connectivity index (χ1) is 11.1. The van der Waals surface area contributed by atoms with Gasteiger partial charge < -0.3 is 15.4 Å². The molecule has 1 atom stereocenters. The summed E-state index contributed by atoms with van der Waals surface area (Å²) in [6.07, 6.45) is -3.27. The highest BCUT2D eigenvalue weighted by molar-refractivity contribution is 7.94. The van der Waals surface area contributed by atoms with Crippen molar-refractivity contribution < 1.29 is 31.1 Å². The third-order valence-electron chi connectivity index (χ3n) is 3.10. The minimum absolute atomic E-state index is 0.0789. The van der Waals surface area contributed by atoms with Crippen molar-refractivity contribution in [2.24, 2.45) is 0 Å². The van der Waals surface area contributed by atoms with Crippen LogP contribution in [0.15, 0.2) is 29.7 Å². The zero-order valence-electron chi connectivity index (χ0n) is 12.6. The predicted octanol–water partition coefficient (Wildman–Crippen LogP) is 2.54. The second-order valence-corrected chi connectivity index (χ2v) is 6.94. The van der Waals surface area contributed by atoms with Crippen LogP contribution in [0.25, 0.3) is 0 Å². The molecule has 1 heterocycles. The number of halogens is 3. The van der Waals surface area contributed by atoms with Gasteiger partial charge in [-0.3, -0.25) is 0 Å². The zero-order chi connectivity index (χ0) is 18.0. The van der Waals surface area contributed by atoms with Gasteiger partial charge in [0, 0.05) is 5.41 Å². The van der Waals surface area contributed by atoms with Crippen LogP contribution in [0, 0.1) is 0 Å². The Hall–Kier alpha value is -2.23. The van der Waals surface area contributed by atoms with Crippen LogP contribution in [0.1, 0.15) is 12.5 Å². The summed E-state index contributed by atoms with van der Waals surface area (Å²) in [6.45, 7) is 1.85. The number of amides is 2. The molecule has 0 fully saturated rings. The largest absolute Gasteiger partial charge is 0.492 e. The molecule has 0 saturated heterocycles. The molecule has 1 aliphatic rings. The number of carbonyl (C=O) groups is 1. The SMILES string of the molecule is CCOc1ccc(C(F)(F)F)cc1NC(=O)N[C@@H]1C=CS(=O)(=O)C1. The number of nitrogens with one attached hydrogen (secondary N) is 2. The highest BCUT2D eigenvalue weighted by atomic mass is 32.2. The quantitative estimate of drug-likeness (QED) is 0.860. The molecular weight excluding hydrogens is 349 g/mol. The number of benzene rings is 1. The normalized spacial score (nSPS) is 19.1. The summed E-state index contributed by atoms with van der Waals surface area (Å²) in [6, 6.07) is 1.15. The van der Waals surface area contributed by atoms with Crippen LogP contribution in [0.3, 0.4) is 0 Å². The third-order valence-corrected chi connectivity index (χ3v) is 4.50. The molecule has 0 aromatic heterocycles. The Morgan fingerprint density at radius 2 is 2.08 bits per heavy atom. The van der Waals surface area contributed by atoms with E-state index in [9.17, 15) is 26.4 Å². The van der Waals surface area contributed by atoms with Gasteiger partial charge in [0.2, 0.25) is 0 Å². The summed E-state index contributed by atoms with van der Waals surface area (Å²) < 4.78 is 66.1. The van der Waals surface area contributed by atoms with Gasteiger partial charge in [-0.2, -0.15) is 13.2 Å². The monoisotopic (exact) mass is 364 g/mol. The molecule has 0 saturated carbocycles. The van der Waals surface area contributed by atoms with Gasteiger partial charge in [0.15, 0.2) is 9.84 Å². The van der Waals surface area contributed by atoms with Crippen LogP contribution in [-0.4, -0.2) is 32.9 Å². The van der Waals surface area contributed by atoms with Crippen LogP contribution in [-0.2, 0) is 16.0 Å². The lowest BCUT2D eigenvalue weighted by molar-refractivity contribution is -0.137. The van der Waals surface area contributed by atoms with E-state index in [-0.39, 0.29) is 23.8 Å². The van der Waals surface area contributed by atoms with E-state index < -0.39 is 33.6 Å². The second-order valence-electron chi connectivity index (χ2n) is 5.00. The van der Waals surface area contributed by atoms with Crippen LogP contribution < -0.4 is 15.4 Å². The van der Waals surface area contributed by atoms with E-state index in [2.05, 4.69) is 10.6 Å². The van der Waals surface area contributed by atoms with E-state index in [1.165, 1.54) is 6.08 Å². The molecule has 1 aromatic carbocycles. The Morgan fingerprint density at radius 1 is 1.38 bits per heavy atom. The molecule has 1 aromatic rings. The maximum Gasteiger partial charge on any atom is 0.416 e. The Kier molecular flexibility index (Phi) is 5.07. The van der Waals surface area contributed by atoms with Gasteiger partial charge in [-0.15, -0.1) is 0 Å². The van der Waals surface area contributed by atoms with Crippen molar-refractivity contribution in [3.05, 3.63) is 35.2 Å².